The normalized spacial score (nSPS) is 14.9. The van der Waals surface area contributed by atoms with Crippen LogP contribution in [0.2, 0.25) is 0 Å². The Morgan fingerprint density at radius 1 is 1.06 bits per heavy atom. The number of para-hydroxylation sites is 1. The third-order valence-corrected chi connectivity index (χ3v) is 7.54. The second kappa shape index (κ2) is 10.2. The maximum Gasteiger partial charge on any atom is 0.338 e. The number of carbonyl (C=O) groups is 2. The van der Waals surface area contributed by atoms with Crippen LogP contribution >= 0.6 is 0 Å². The average Bonchev–Trinajstić information content (AvgIpc) is 2.87. The van der Waals surface area contributed by atoms with Crippen LogP contribution in [-0.4, -0.2) is 40.6 Å². The molecule has 3 aromatic rings. The van der Waals surface area contributed by atoms with Gasteiger partial charge in [0.2, 0.25) is 0 Å². The Hall–Kier alpha value is -3.85. The van der Waals surface area contributed by atoms with Crippen LogP contribution in [0.5, 0.6) is 5.75 Å². The molecule has 1 amide bonds. The molecule has 8 nitrogen and oxygen atoms in total. The van der Waals surface area contributed by atoms with E-state index in [0.717, 1.165) is 21.2 Å². The Kier molecular flexibility index (Phi) is 7.07. The second-order valence-electron chi connectivity index (χ2n) is 8.21. The summed E-state index contributed by atoms with van der Waals surface area (Å²) in [4.78, 5) is 24.9. The number of carbonyl (C=O) groups excluding carboxylic acids is 2. The lowest BCUT2D eigenvalue weighted by Gasteiger charge is -2.26. The number of nitrogens with zero attached hydrogens (tertiary/aromatic N) is 1. The van der Waals surface area contributed by atoms with Crippen LogP contribution in [0.15, 0.2) is 77.7 Å². The molecule has 0 spiro atoms. The van der Waals surface area contributed by atoms with E-state index in [1.165, 1.54) is 31.3 Å². The van der Waals surface area contributed by atoms with Gasteiger partial charge in [-0.05, 0) is 43.3 Å². The first-order valence-corrected chi connectivity index (χ1v) is 12.5. The highest BCUT2D eigenvalue weighted by Gasteiger charge is 2.25. The first-order valence-electron chi connectivity index (χ1n) is 11.1. The fourth-order valence-corrected chi connectivity index (χ4v) is 5.02. The summed E-state index contributed by atoms with van der Waals surface area (Å²) in [6.07, 6.45) is 0.602. The summed E-state index contributed by atoms with van der Waals surface area (Å²) >= 11 is 0. The lowest BCUT2D eigenvalue weighted by Crippen LogP contribution is -2.35. The topological polar surface area (TPSA) is 102 Å². The van der Waals surface area contributed by atoms with Crippen LogP contribution in [0.4, 0.5) is 5.69 Å². The summed E-state index contributed by atoms with van der Waals surface area (Å²) < 4.78 is 38.1. The molecular formula is C26H26N2O6S. The molecule has 35 heavy (non-hydrogen) atoms. The van der Waals surface area contributed by atoms with E-state index in [9.17, 15) is 18.0 Å². The van der Waals surface area contributed by atoms with Crippen LogP contribution in [-0.2, 0) is 19.6 Å². The fraction of sp³-hybridized carbons (Fsp3) is 0.231. The molecule has 1 heterocycles. The summed E-state index contributed by atoms with van der Waals surface area (Å²) in [7, 11) is -2.46. The van der Waals surface area contributed by atoms with Gasteiger partial charge < -0.3 is 14.8 Å². The minimum absolute atomic E-state index is 0.0348. The quantitative estimate of drug-likeness (QED) is 0.504. The Labute approximate surface area is 204 Å². The summed E-state index contributed by atoms with van der Waals surface area (Å²) in [5, 5.41) is 2.86. The van der Waals surface area contributed by atoms with Gasteiger partial charge in [-0.2, -0.15) is 0 Å². The number of amides is 1. The molecule has 1 unspecified atom stereocenters. The van der Waals surface area contributed by atoms with Gasteiger partial charge in [0.25, 0.3) is 15.9 Å². The summed E-state index contributed by atoms with van der Waals surface area (Å²) in [6, 6.07) is 19.8. The molecule has 1 aliphatic heterocycles. The van der Waals surface area contributed by atoms with E-state index in [4.69, 9.17) is 9.47 Å². The molecule has 3 aromatic carbocycles. The van der Waals surface area contributed by atoms with Crippen LogP contribution < -0.4 is 14.4 Å². The van der Waals surface area contributed by atoms with Crippen molar-refractivity contribution in [3.05, 3.63) is 89.5 Å². The Morgan fingerprint density at radius 2 is 1.80 bits per heavy atom. The van der Waals surface area contributed by atoms with E-state index >= 15 is 0 Å². The Bertz CT molecular complexity index is 1340. The number of benzene rings is 3. The maximum atomic E-state index is 13.1. The highest BCUT2D eigenvalue weighted by atomic mass is 32.2. The third kappa shape index (κ3) is 5.46. The highest BCUT2D eigenvalue weighted by Crippen LogP contribution is 2.31. The number of hydrogen-bond donors (Lipinski definition) is 1. The van der Waals surface area contributed by atoms with Gasteiger partial charge in [0.15, 0.2) is 6.61 Å². The minimum atomic E-state index is -3.91. The lowest BCUT2D eigenvalue weighted by atomic mass is 10.0. The standard InChI is InChI=1S/C26H26N2O6S/c1-18-10-12-20(13-11-18)28(2)35(31,32)21-7-5-6-19(16-21)26(30)34-17-25(29)27-23-14-15-33-24-9-4-3-8-22(23)24/h3-13,16,23H,14-15,17H2,1-2H3,(H,27,29). The Balaban J connectivity index is 1.40. The number of aryl methyl sites for hydroxylation is 1. The first-order chi connectivity index (χ1) is 16.8. The van der Waals surface area contributed by atoms with Crippen molar-refractivity contribution >= 4 is 27.6 Å². The molecule has 1 N–H and O–H groups in total. The number of ether oxygens (including phenoxy) is 2. The van der Waals surface area contributed by atoms with Crippen molar-refractivity contribution < 1.29 is 27.5 Å². The van der Waals surface area contributed by atoms with Gasteiger partial charge in [0, 0.05) is 19.0 Å². The molecule has 9 heteroatoms. The summed E-state index contributed by atoms with van der Waals surface area (Å²) in [5.41, 5.74) is 2.41. The smallest absolute Gasteiger partial charge is 0.338 e. The van der Waals surface area contributed by atoms with E-state index in [0.29, 0.717) is 18.7 Å². The number of fused-ring (bicyclic) bond motifs is 1. The van der Waals surface area contributed by atoms with Crippen LogP contribution in [0.3, 0.4) is 0 Å². The molecule has 0 saturated carbocycles. The van der Waals surface area contributed by atoms with Crippen LogP contribution in [0.25, 0.3) is 0 Å². The number of anilines is 1. The van der Waals surface area contributed by atoms with Crippen molar-refractivity contribution in [3.8, 4) is 5.75 Å². The first kappa shape index (κ1) is 24.3. The summed E-state index contributed by atoms with van der Waals surface area (Å²) in [6.45, 7) is 1.90. The van der Waals surface area contributed by atoms with Gasteiger partial charge in [-0.15, -0.1) is 0 Å². The largest absolute Gasteiger partial charge is 0.493 e. The number of sulfonamides is 1. The predicted molar refractivity (Wildman–Crippen MR) is 131 cm³/mol. The third-order valence-electron chi connectivity index (χ3n) is 5.75. The minimum Gasteiger partial charge on any atom is -0.493 e. The lowest BCUT2D eigenvalue weighted by molar-refractivity contribution is -0.125. The van der Waals surface area contributed by atoms with Gasteiger partial charge in [-0.3, -0.25) is 9.10 Å². The van der Waals surface area contributed by atoms with Gasteiger partial charge >= 0.3 is 5.97 Å². The predicted octanol–water partition coefficient (Wildman–Crippen LogP) is 3.62. The van der Waals surface area contributed by atoms with Gasteiger partial charge in [-0.1, -0.05) is 42.0 Å². The molecule has 0 aromatic heterocycles. The van der Waals surface area contributed by atoms with Crippen LogP contribution in [0.1, 0.15) is 33.9 Å². The molecule has 4 rings (SSSR count). The molecular weight excluding hydrogens is 468 g/mol. The van der Waals surface area contributed by atoms with Gasteiger partial charge in [-0.25, -0.2) is 13.2 Å². The molecule has 0 radical (unpaired) electrons. The van der Waals surface area contributed by atoms with Crippen molar-refractivity contribution in [2.75, 3.05) is 24.6 Å². The zero-order valence-electron chi connectivity index (χ0n) is 19.4. The monoisotopic (exact) mass is 494 g/mol. The van der Waals surface area contributed by atoms with Crippen molar-refractivity contribution in [3.63, 3.8) is 0 Å². The number of hydrogen-bond acceptors (Lipinski definition) is 6. The van der Waals surface area contributed by atoms with Gasteiger partial charge in [0.1, 0.15) is 5.75 Å². The molecule has 0 aliphatic carbocycles. The Morgan fingerprint density at radius 3 is 2.57 bits per heavy atom. The molecule has 0 bridgehead atoms. The van der Waals surface area contributed by atoms with Crippen molar-refractivity contribution in [2.24, 2.45) is 0 Å². The molecule has 1 atom stereocenters. The van der Waals surface area contributed by atoms with Crippen molar-refractivity contribution in [1.82, 2.24) is 5.32 Å². The average molecular weight is 495 g/mol. The molecule has 182 valence electrons. The van der Waals surface area contributed by atoms with E-state index < -0.39 is 28.5 Å². The zero-order chi connectivity index (χ0) is 25.0. The van der Waals surface area contributed by atoms with Crippen molar-refractivity contribution in [2.45, 2.75) is 24.3 Å². The van der Waals surface area contributed by atoms with E-state index in [2.05, 4.69) is 5.32 Å². The van der Waals surface area contributed by atoms with Crippen molar-refractivity contribution in [1.29, 1.82) is 0 Å². The van der Waals surface area contributed by atoms with E-state index in [-0.39, 0.29) is 16.5 Å². The SMILES string of the molecule is Cc1ccc(N(C)S(=O)(=O)c2cccc(C(=O)OCC(=O)NC3CCOc4ccccc43)c2)cc1. The summed E-state index contributed by atoms with van der Waals surface area (Å²) in [5.74, 6) is -0.528. The second-order valence-corrected chi connectivity index (χ2v) is 10.2. The molecule has 0 saturated heterocycles. The zero-order valence-corrected chi connectivity index (χ0v) is 20.2. The maximum absolute atomic E-state index is 13.1. The molecule has 0 fully saturated rings. The highest BCUT2D eigenvalue weighted by molar-refractivity contribution is 7.92. The number of nitrogens with one attached hydrogen (secondary N) is 1. The molecule has 1 aliphatic rings. The van der Waals surface area contributed by atoms with Crippen LogP contribution in [0, 0.1) is 6.92 Å². The van der Waals surface area contributed by atoms with E-state index in [1.807, 2.05) is 43.3 Å². The number of rotatable bonds is 7. The van der Waals surface area contributed by atoms with Gasteiger partial charge in [0.05, 0.1) is 28.8 Å². The number of esters is 1. The van der Waals surface area contributed by atoms with E-state index in [1.54, 1.807) is 12.1 Å². The fourth-order valence-electron chi connectivity index (χ4n) is 3.78.